The van der Waals surface area contributed by atoms with Crippen molar-refractivity contribution in [3.05, 3.63) is 58.8 Å². The van der Waals surface area contributed by atoms with Gasteiger partial charge in [-0.3, -0.25) is 9.59 Å². The largest absolute Gasteiger partial charge is 0.437 e. The Morgan fingerprint density at radius 1 is 1.28 bits per heavy atom. The zero-order valence-electron chi connectivity index (χ0n) is 17.1. The van der Waals surface area contributed by atoms with Gasteiger partial charge < -0.3 is 10.1 Å². The van der Waals surface area contributed by atoms with Crippen LogP contribution >= 0.6 is 11.6 Å². The highest BCUT2D eigenvalue weighted by Crippen LogP contribution is 2.29. The summed E-state index contributed by atoms with van der Waals surface area (Å²) in [5.41, 5.74) is 2.09. The molecule has 29 heavy (non-hydrogen) atoms. The van der Waals surface area contributed by atoms with Gasteiger partial charge in [0.2, 0.25) is 11.8 Å². The van der Waals surface area contributed by atoms with Gasteiger partial charge in [0.1, 0.15) is 5.75 Å². The predicted molar refractivity (Wildman–Crippen MR) is 116 cm³/mol. The second-order valence-electron chi connectivity index (χ2n) is 7.04. The molecule has 1 atom stereocenters. The first-order valence-corrected chi connectivity index (χ1v) is 10.1. The molecule has 2 rings (SSSR count). The van der Waals surface area contributed by atoms with E-state index in [2.05, 4.69) is 17.2 Å². The van der Waals surface area contributed by atoms with Crippen molar-refractivity contribution in [1.82, 2.24) is 10.3 Å². The number of nitrogens with zero attached hydrogens (tertiary/aromatic N) is 1. The van der Waals surface area contributed by atoms with E-state index in [0.717, 1.165) is 18.4 Å². The average molecular weight is 415 g/mol. The molecule has 0 aliphatic carbocycles. The molecule has 0 radical (unpaired) electrons. The molecular weight excluding hydrogens is 388 g/mol. The van der Waals surface area contributed by atoms with Gasteiger partial charge in [0.15, 0.2) is 5.78 Å². The molecule has 154 valence electrons. The minimum Gasteiger partial charge on any atom is -0.437 e. The van der Waals surface area contributed by atoms with Gasteiger partial charge in [-0.15, -0.1) is 0 Å². The lowest BCUT2D eigenvalue weighted by Crippen LogP contribution is -2.27. The minimum absolute atomic E-state index is 0.000979. The number of ether oxygens (including phenoxy) is 1. The summed E-state index contributed by atoms with van der Waals surface area (Å²) in [6, 6.07) is 9.47. The van der Waals surface area contributed by atoms with Crippen LogP contribution in [-0.2, 0) is 16.0 Å². The van der Waals surface area contributed by atoms with E-state index in [1.807, 2.05) is 43.3 Å². The Balaban J connectivity index is 1.90. The van der Waals surface area contributed by atoms with Crippen LogP contribution in [0.1, 0.15) is 44.7 Å². The number of hydrogen-bond acceptors (Lipinski definition) is 4. The molecule has 0 bridgehead atoms. The van der Waals surface area contributed by atoms with Gasteiger partial charge >= 0.3 is 0 Å². The summed E-state index contributed by atoms with van der Waals surface area (Å²) in [5.74, 6) is 0.904. The Morgan fingerprint density at radius 2 is 2.07 bits per heavy atom. The first kappa shape index (κ1) is 22.6. The highest BCUT2D eigenvalue weighted by atomic mass is 35.5. The van der Waals surface area contributed by atoms with Crippen LogP contribution in [0.2, 0.25) is 5.02 Å². The number of halogens is 1. The number of amides is 1. The highest BCUT2D eigenvalue weighted by Gasteiger charge is 2.08. The van der Waals surface area contributed by atoms with Crippen LogP contribution in [0.3, 0.4) is 0 Å². The third-order valence-electron chi connectivity index (χ3n) is 4.21. The molecule has 2 aromatic rings. The standard InChI is InChI=1S/C23H27ClN2O3/c1-4-5-18-8-10-22(21(24)13-18)29-23-11-9-19(14-26-23)7-6-16(2)12-20(28)15-25-17(3)27/h6-11,13-14,16H,4-5,12,15H2,1-3H3,(H,25,27)/b7-6+/t16-/m0/s1. The molecule has 0 spiro atoms. The van der Waals surface area contributed by atoms with E-state index in [9.17, 15) is 9.59 Å². The van der Waals surface area contributed by atoms with Gasteiger partial charge in [0.25, 0.3) is 0 Å². The van der Waals surface area contributed by atoms with Crippen molar-refractivity contribution in [1.29, 1.82) is 0 Å². The lowest BCUT2D eigenvalue weighted by atomic mass is 10.0. The van der Waals surface area contributed by atoms with E-state index in [1.165, 1.54) is 12.5 Å². The van der Waals surface area contributed by atoms with Crippen LogP contribution in [0.4, 0.5) is 0 Å². The fourth-order valence-corrected chi connectivity index (χ4v) is 2.97. The van der Waals surface area contributed by atoms with E-state index in [0.29, 0.717) is 23.1 Å². The highest BCUT2D eigenvalue weighted by molar-refractivity contribution is 6.32. The summed E-state index contributed by atoms with van der Waals surface area (Å²) in [6.07, 6.45) is 7.99. The number of ketones is 1. The predicted octanol–water partition coefficient (Wildman–Crippen LogP) is 5.22. The summed E-state index contributed by atoms with van der Waals surface area (Å²) in [4.78, 5) is 26.9. The molecule has 0 aliphatic heterocycles. The van der Waals surface area contributed by atoms with Crippen molar-refractivity contribution in [2.24, 2.45) is 5.92 Å². The van der Waals surface area contributed by atoms with Crippen molar-refractivity contribution >= 4 is 29.4 Å². The Morgan fingerprint density at radius 3 is 2.69 bits per heavy atom. The summed E-state index contributed by atoms with van der Waals surface area (Å²) < 4.78 is 5.78. The monoisotopic (exact) mass is 414 g/mol. The lowest BCUT2D eigenvalue weighted by Gasteiger charge is -2.09. The molecule has 1 N–H and O–H groups in total. The van der Waals surface area contributed by atoms with Gasteiger partial charge in [0.05, 0.1) is 11.6 Å². The first-order valence-electron chi connectivity index (χ1n) is 9.74. The van der Waals surface area contributed by atoms with E-state index < -0.39 is 0 Å². The quantitative estimate of drug-likeness (QED) is 0.578. The summed E-state index contributed by atoms with van der Waals surface area (Å²) in [7, 11) is 0. The van der Waals surface area contributed by atoms with E-state index in [-0.39, 0.29) is 24.2 Å². The maximum Gasteiger partial charge on any atom is 0.219 e. The molecule has 1 aromatic heterocycles. The summed E-state index contributed by atoms with van der Waals surface area (Å²) in [5, 5.41) is 3.09. The minimum atomic E-state index is -0.201. The smallest absolute Gasteiger partial charge is 0.219 e. The number of pyridine rings is 1. The Labute approximate surface area is 177 Å². The van der Waals surface area contributed by atoms with Crippen molar-refractivity contribution in [2.45, 2.75) is 40.0 Å². The second kappa shape index (κ2) is 11.4. The number of aryl methyl sites for hydroxylation is 1. The SMILES string of the molecule is CCCc1ccc(Oc2ccc(/C=C/[C@H](C)CC(=O)CNC(C)=O)cn2)c(Cl)c1. The number of carbonyl (C=O) groups excluding carboxylic acids is 2. The van der Waals surface area contributed by atoms with Crippen LogP contribution in [-0.4, -0.2) is 23.2 Å². The van der Waals surface area contributed by atoms with Crippen molar-refractivity contribution in [2.75, 3.05) is 6.54 Å². The van der Waals surface area contributed by atoms with Gasteiger partial charge in [0, 0.05) is 25.6 Å². The Hall–Kier alpha value is -2.66. The molecule has 0 saturated carbocycles. The van der Waals surface area contributed by atoms with Crippen LogP contribution in [0, 0.1) is 5.92 Å². The normalized spacial score (nSPS) is 12.0. The van der Waals surface area contributed by atoms with Crippen molar-refractivity contribution in [3.8, 4) is 11.6 Å². The van der Waals surface area contributed by atoms with Crippen molar-refractivity contribution < 1.29 is 14.3 Å². The van der Waals surface area contributed by atoms with Gasteiger partial charge in [-0.25, -0.2) is 4.98 Å². The van der Waals surface area contributed by atoms with Gasteiger partial charge in [-0.2, -0.15) is 0 Å². The molecular formula is C23H27ClN2O3. The second-order valence-corrected chi connectivity index (χ2v) is 7.44. The number of carbonyl (C=O) groups is 2. The summed E-state index contributed by atoms with van der Waals surface area (Å²) >= 11 is 6.30. The maximum absolute atomic E-state index is 11.8. The molecule has 5 nitrogen and oxygen atoms in total. The molecule has 0 fully saturated rings. The molecule has 1 aromatic carbocycles. The van der Waals surface area contributed by atoms with Crippen LogP contribution < -0.4 is 10.1 Å². The number of rotatable bonds is 10. The Bertz CT molecular complexity index is 863. The van der Waals surface area contributed by atoms with E-state index in [1.54, 1.807) is 12.3 Å². The number of benzene rings is 1. The third kappa shape index (κ3) is 8.08. The Kier molecular flexibility index (Phi) is 8.87. The fraction of sp³-hybridized carbons (Fsp3) is 0.348. The molecule has 1 amide bonds. The van der Waals surface area contributed by atoms with Crippen LogP contribution in [0.25, 0.3) is 6.08 Å². The number of nitrogens with one attached hydrogen (secondary N) is 1. The third-order valence-corrected chi connectivity index (χ3v) is 4.51. The first-order chi connectivity index (χ1) is 13.9. The van der Waals surface area contributed by atoms with Gasteiger partial charge in [-0.1, -0.05) is 50.1 Å². The fourth-order valence-electron chi connectivity index (χ4n) is 2.73. The zero-order valence-corrected chi connectivity index (χ0v) is 17.8. The molecule has 0 saturated heterocycles. The van der Waals surface area contributed by atoms with E-state index in [4.69, 9.17) is 16.3 Å². The number of hydrogen-bond donors (Lipinski definition) is 1. The van der Waals surface area contributed by atoms with Crippen LogP contribution in [0.5, 0.6) is 11.6 Å². The summed E-state index contributed by atoms with van der Waals surface area (Å²) in [6.45, 7) is 5.55. The van der Waals surface area contributed by atoms with E-state index >= 15 is 0 Å². The average Bonchev–Trinajstić information content (AvgIpc) is 2.68. The topological polar surface area (TPSA) is 68.3 Å². The van der Waals surface area contributed by atoms with Crippen molar-refractivity contribution in [3.63, 3.8) is 0 Å². The number of Topliss-reactive ketones (excluding diaryl/α,β-unsaturated/α-hetero) is 1. The van der Waals surface area contributed by atoms with Crippen LogP contribution in [0.15, 0.2) is 42.6 Å². The molecule has 0 unspecified atom stereocenters. The maximum atomic E-state index is 11.8. The molecule has 1 heterocycles. The molecule has 0 aliphatic rings. The zero-order chi connectivity index (χ0) is 21.2. The number of allylic oxidation sites excluding steroid dienone is 1. The molecule has 6 heteroatoms. The number of aromatic nitrogens is 1. The lowest BCUT2D eigenvalue weighted by molar-refractivity contribution is -0.124. The van der Waals surface area contributed by atoms with Gasteiger partial charge in [-0.05, 0) is 41.7 Å².